The lowest BCUT2D eigenvalue weighted by Crippen LogP contribution is -2.30. The highest BCUT2D eigenvalue weighted by Gasteiger charge is 2.19. The molecule has 6 nitrogen and oxygen atoms in total. The van der Waals surface area contributed by atoms with Crippen molar-refractivity contribution in [1.29, 1.82) is 0 Å². The first kappa shape index (κ1) is 78.8. The van der Waals surface area contributed by atoms with Crippen LogP contribution in [0.3, 0.4) is 0 Å². The van der Waals surface area contributed by atoms with Crippen LogP contribution in [0, 0.1) is 0 Å². The Kier molecular flexibility index (Phi) is 66.7. The van der Waals surface area contributed by atoms with Crippen LogP contribution < -0.4 is 0 Å². The molecule has 0 aliphatic heterocycles. The van der Waals surface area contributed by atoms with Gasteiger partial charge >= 0.3 is 17.9 Å². The third-order valence-corrected chi connectivity index (χ3v) is 15.0. The zero-order chi connectivity index (χ0) is 59.9. The van der Waals surface area contributed by atoms with Gasteiger partial charge < -0.3 is 14.2 Å². The van der Waals surface area contributed by atoms with Crippen LogP contribution in [-0.4, -0.2) is 37.2 Å². The number of unbranched alkanes of at least 4 members (excludes halogenated alkanes) is 32. The zero-order valence-electron chi connectivity index (χ0n) is 54.4. The third kappa shape index (κ3) is 68.5. The van der Waals surface area contributed by atoms with Crippen LogP contribution in [-0.2, 0) is 28.6 Å². The molecule has 0 aromatic carbocycles. The Bertz CT molecular complexity index is 1700. The normalized spacial score (nSPS) is 12.9. The van der Waals surface area contributed by atoms with Crippen molar-refractivity contribution < 1.29 is 28.6 Å². The van der Waals surface area contributed by atoms with Crippen LogP contribution in [0.5, 0.6) is 0 Å². The molecule has 0 aromatic rings. The van der Waals surface area contributed by atoms with Crippen LogP contribution in [0.25, 0.3) is 0 Å². The Morgan fingerprint density at radius 2 is 0.482 bits per heavy atom. The van der Waals surface area contributed by atoms with Crippen molar-refractivity contribution in [3.8, 4) is 0 Å². The molecule has 0 radical (unpaired) electrons. The predicted octanol–water partition coefficient (Wildman–Crippen LogP) is 24.3. The van der Waals surface area contributed by atoms with Gasteiger partial charge in [0.15, 0.2) is 6.10 Å². The smallest absolute Gasteiger partial charge is 0.306 e. The average Bonchev–Trinajstić information content (AvgIpc) is 3.49. The van der Waals surface area contributed by atoms with Crippen molar-refractivity contribution in [2.45, 2.75) is 335 Å². The molecule has 83 heavy (non-hydrogen) atoms. The third-order valence-electron chi connectivity index (χ3n) is 15.0. The molecule has 6 heteroatoms. The molecule has 0 saturated carbocycles. The molecule has 474 valence electrons. The van der Waals surface area contributed by atoms with Gasteiger partial charge in [0.1, 0.15) is 13.2 Å². The fourth-order valence-corrected chi connectivity index (χ4v) is 9.80. The molecule has 0 rings (SSSR count). The van der Waals surface area contributed by atoms with Gasteiger partial charge in [-0.3, -0.25) is 14.4 Å². The van der Waals surface area contributed by atoms with Crippen molar-refractivity contribution in [2.75, 3.05) is 13.2 Å². The maximum Gasteiger partial charge on any atom is 0.306 e. The van der Waals surface area contributed by atoms with E-state index < -0.39 is 6.10 Å². The van der Waals surface area contributed by atoms with Crippen molar-refractivity contribution in [1.82, 2.24) is 0 Å². The van der Waals surface area contributed by atoms with E-state index in [4.69, 9.17) is 14.2 Å². The van der Waals surface area contributed by atoms with E-state index >= 15 is 0 Å². The Labute approximate surface area is 513 Å². The average molecular weight is 1150 g/mol. The lowest BCUT2D eigenvalue weighted by Gasteiger charge is -2.18. The van der Waals surface area contributed by atoms with Crippen LogP contribution in [0.15, 0.2) is 122 Å². The summed E-state index contributed by atoms with van der Waals surface area (Å²) in [6.07, 6.45) is 98.0. The molecular weight excluding hydrogens is 1020 g/mol. The van der Waals surface area contributed by atoms with E-state index in [1.165, 1.54) is 167 Å². The van der Waals surface area contributed by atoms with Crippen LogP contribution in [0.1, 0.15) is 329 Å². The van der Waals surface area contributed by atoms with E-state index in [2.05, 4.69) is 142 Å². The Morgan fingerprint density at radius 1 is 0.253 bits per heavy atom. The highest BCUT2D eigenvalue weighted by molar-refractivity contribution is 5.71. The summed E-state index contributed by atoms with van der Waals surface area (Å²) in [5.41, 5.74) is 0. The zero-order valence-corrected chi connectivity index (χ0v) is 54.4. The maximum atomic E-state index is 12.9. The van der Waals surface area contributed by atoms with Crippen molar-refractivity contribution in [2.24, 2.45) is 0 Å². The number of carbonyl (C=O) groups is 3. The summed E-state index contributed by atoms with van der Waals surface area (Å²) in [5.74, 6) is -0.963. The minimum atomic E-state index is -0.817. The number of rotatable bonds is 63. The molecule has 0 heterocycles. The van der Waals surface area contributed by atoms with Crippen LogP contribution in [0.4, 0.5) is 0 Å². The second-order valence-corrected chi connectivity index (χ2v) is 23.0. The SMILES string of the molecule is CC/C=C\C/C=C\C/C=C\C/C=C\C/C=C\C/C=C\C/C=C\CCCC(=O)OC(COC(=O)CCCCCCCCC/C=C\C/C=C\C/C=C\CC)COC(=O)CCCCCCCCCCCCCCCCCCCCCCCCCCC. The van der Waals surface area contributed by atoms with Gasteiger partial charge in [0, 0.05) is 19.3 Å². The molecule has 0 saturated heterocycles. The summed E-state index contributed by atoms with van der Waals surface area (Å²) in [6, 6.07) is 0. The van der Waals surface area contributed by atoms with Crippen LogP contribution in [0.2, 0.25) is 0 Å². The number of esters is 3. The molecule has 0 aliphatic carbocycles. The Balaban J connectivity index is 4.43. The van der Waals surface area contributed by atoms with Gasteiger partial charge in [-0.2, -0.15) is 0 Å². The maximum absolute atomic E-state index is 12.9. The molecule has 0 fully saturated rings. The molecule has 0 aliphatic rings. The van der Waals surface area contributed by atoms with E-state index in [0.29, 0.717) is 19.3 Å². The fraction of sp³-hybridized carbons (Fsp3) is 0.701. The summed E-state index contributed by atoms with van der Waals surface area (Å²) in [4.78, 5) is 38.4. The summed E-state index contributed by atoms with van der Waals surface area (Å²) in [7, 11) is 0. The van der Waals surface area contributed by atoms with Gasteiger partial charge in [-0.05, 0) is 103 Å². The molecule has 0 amide bonds. The quantitative estimate of drug-likeness (QED) is 0.0261. The van der Waals surface area contributed by atoms with Crippen molar-refractivity contribution >= 4 is 17.9 Å². The van der Waals surface area contributed by atoms with Gasteiger partial charge in [-0.15, -0.1) is 0 Å². The van der Waals surface area contributed by atoms with Gasteiger partial charge in [0.2, 0.25) is 0 Å². The predicted molar refractivity (Wildman–Crippen MR) is 362 cm³/mol. The highest BCUT2D eigenvalue weighted by atomic mass is 16.6. The van der Waals surface area contributed by atoms with E-state index in [1.807, 2.05) is 0 Å². The molecule has 0 N–H and O–H groups in total. The summed E-state index contributed by atoms with van der Waals surface area (Å²) in [5, 5.41) is 0. The van der Waals surface area contributed by atoms with E-state index in [0.717, 1.165) is 116 Å². The topological polar surface area (TPSA) is 78.9 Å². The molecule has 0 aromatic heterocycles. The molecule has 1 unspecified atom stereocenters. The van der Waals surface area contributed by atoms with Crippen molar-refractivity contribution in [3.63, 3.8) is 0 Å². The Hall–Kier alpha value is -4.19. The minimum absolute atomic E-state index is 0.104. The second-order valence-electron chi connectivity index (χ2n) is 23.0. The standard InChI is InChI=1S/C77H130O6/c1-4-7-10-13-16-19-22-25-28-31-33-35-37-38-40-41-43-46-49-52-55-58-61-64-67-70-76(79)82-73-74(72-81-75(78)69-66-63-60-57-54-51-48-45-30-27-24-21-18-15-12-9-6-3)83-77(80)71-68-65-62-59-56-53-50-47-44-42-39-36-34-32-29-26-23-20-17-14-11-8-5-2/h8-9,11-12,17-18,20-21,26-27,29-30,34,36,42,44,50,53,59,62,74H,4-7,10,13-16,19,22-25,28,31-33,35,37-41,43,45-49,51-52,54-58,60-61,63-73H2,1-3H3/b11-8-,12-9-,20-17-,21-18-,29-26-,30-27-,36-34-,44-42-,53-50-,62-59-. The van der Waals surface area contributed by atoms with Gasteiger partial charge in [0.25, 0.3) is 0 Å². The fourth-order valence-electron chi connectivity index (χ4n) is 9.80. The first-order chi connectivity index (χ1) is 41.0. The van der Waals surface area contributed by atoms with Crippen molar-refractivity contribution in [3.05, 3.63) is 122 Å². The summed E-state index contributed by atoms with van der Waals surface area (Å²) >= 11 is 0. The first-order valence-electron chi connectivity index (χ1n) is 35.0. The van der Waals surface area contributed by atoms with Crippen LogP contribution >= 0.6 is 0 Å². The molecular formula is C77H130O6. The number of hydrogen-bond donors (Lipinski definition) is 0. The highest BCUT2D eigenvalue weighted by Crippen LogP contribution is 2.17. The monoisotopic (exact) mass is 1150 g/mol. The van der Waals surface area contributed by atoms with E-state index in [-0.39, 0.29) is 37.5 Å². The molecule has 0 bridgehead atoms. The van der Waals surface area contributed by atoms with E-state index in [1.54, 1.807) is 0 Å². The van der Waals surface area contributed by atoms with E-state index in [9.17, 15) is 14.4 Å². The summed E-state index contributed by atoms with van der Waals surface area (Å²) < 4.78 is 16.9. The second kappa shape index (κ2) is 70.3. The minimum Gasteiger partial charge on any atom is -0.462 e. The van der Waals surface area contributed by atoms with Gasteiger partial charge in [0.05, 0.1) is 0 Å². The number of ether oxygens (including phenoxy) is 3. The van der Waals surface area contributed by atoms with Gasteiger partial charge in [-0.25, -0.2) is 0 Å². The lowest BCUT2D eigenvalue weighted by molar-refractivity contribution is -0.167. The lowest BCUT2D eigenvalue weighted by atomic mass is 10.0. The van der Waals surface area contributed by atoms with Gasteiger partial charge in [-0.1, -0.05) is 328 Å². The molecule has 0 spiro atoms. The molecule has 1 atom stereocenters. The largest absolute Gasteiger partial charge is 0.462 e. The summed E-state index contributed by atoms with van der Waals surface area (Å²) in [6.45, 7) is 6.40. The first-order valence-corrected chi connectivity index (χ1v) is 35.0. The number of allylic oxidation sites excluding steroid dienone is 20. The number of hydrogen-bond acceptors (Lipinski definition) is 6. The number of carbonyl (C=O) groups excluding carboxylic acids is 3. The Morgan fingerprint density at radius 3 is 0.771 bits per heavy atom.